The maximum absolute atomic E-state index is 11.2. The minimum Gasteiger partial charge on any atom is -0.387 e. The van der Waals surface area contributed by atoms with Gasteiger partial charge in [-0.3, -0.25) is 4.90 Å². The summed E-state index contributed by atoms with van der Waals surface area (Å²) in [5.41, 5.74) is -1.25. The molecule has 19 heavy (non-hydrogen) atoms. The Morgan fingerprint density at radius 2 is 2.05 bits per heavy atom. The van der Waals surface area contributed by atoms with Gasteiger partial charge in [0.25, 0.3) is 0 Å². The molecule has 3 heteroatoms. The molecule has 3 aliphatic rings. The summed E-state index contributed by atoms with van der Waals surface area (Å²) in [7, 11) is 0. The lowest BCUT2D eigenvalue weighted by Crippen LogP contribution is -2.48. The minimum atomic E-state index is -0.770. The second-order valence-corrected chi connectivity index (χ2v) is 7.20. The van der Waals surface area contributed by atoms with E-state index in [4.69, 9.17) is 0 Å². The van der Waals surface area contributed by atoms with Crippen LogP contribution in [0.2, 0.25) is 0 Å². The zero-order valence-electron chi connectivity index (χ0n) is 12.2. The van der Waals surface area contributed by atoms with Gasteiger partial charge in [0, 0.05) is 18.6 Å². The van der Waals surface area contributed by atoms with E-state index in [9.17, 15) is 10.4 Å². The van der Waals surface area contributed by atoms with Crippen LogP contribution in [0.25, 0.3) is 0 Å². The molecular weight excluding hydrogens is 236 g/mol. The summed E-state index contributed by atoms with van der Waals surface area (Å²) < 4.78 is 0. The predicted molar refractivity (Wildman–Crippen MR) is 74.4 cm³/mol. The first kappa shape index (κ1) is 13.4. The molecular formula is C16H26N2O. The predicted octanol–water partition coefficient (Wildman–Crippen LogP) is 2.69. The standard InChI is InChI=1S/C16H26N2O/c1-3-13-6-7-15(9-13,10-17)16(19)8-12(2)18(11-16)14-4-5-14/h12-14,19H,3-9,11H2,1-2H3. The fourth-order valence-corrected chi connectivity index (χ4v) is 4.49. The van der Waals surface area contributed by atoms with E-state index >= 15 is 0 Å². The number of β-amino-alcohol motifs (C(OH)–C–C–N with tert-alkyl or cyclic N) is 1. The van der Waals surface area contributed by atoms with Gasteiger partial charge >= 0.3 is 0 Å². The third-order valence-corrected chi connectivity index (χ3v) is 5.96. The molecule has 0 amide bonds. The van der Waals surface area contributed by atoms with E-state index < -0.39 is 11.0 Å². The molecule has 3 rings (SSSR count). The van der Waals surface area contributed by atoms with Gasteiger partial charge in [-0.1, -0.05) is 13.3 Å². The highest BCUT2D eigenvalue weighted by Gasteiger charge is 2.59. The Labute approximate surface area is 116 Å². The highest BCUT2D eigenvalue weighted by atomic mass is 16.3. The van der Waals surface area contributed by atoms with E-state index in [-0.39, 0.29) is 0 Å². The molecule has 1 N–H and O–H groups in total. The van der Waals surface area contributed by atoms with Crippen LogP contribution >= 0.6 is 0 Å². The zero-order valence-corrected chi connectivity index (χ0v) is 12.2. The average molecular weight is 262 g/mol. The van der Waals surface area contributed by atoms with Gasteiger partial charge in [0.2, 0.25) is 0 Å². The Bertz CT molecular complexity index is 400. The van der Waals surface area contributed by atoms with Crippen molar-refractivity contribution in [1.29, 1.82) is 5.26 Å². The first-order valence-corrected chi connectivity index (χ1v) is 7.93. The lowest BCUT2D eigenvalue weighted by atomic mass is 9.69. The molecule has 2 saturated carbocycles. The summed E-state index contributed by atoms with van der Waals surface area (Å²) in [4.78, 5) is 2.46. The minimum absolute atomic E-state index is 0.434. The molecule has 1 aliphatic heterocycles. The Morgan fingerprint density at radius 1 is 1.32 bits per heavy atom. The number of likely N-dealkylation sites (tertiary alicyclic amines) is 1. The summed E-state index contributed by atoms with van der Waals surface area (Å²) in [5, 5.41) is 21.0. The molecule has 0 spiro atoms. The molecule has 3 nitrogen and oxygen atoms in total. The molecule has 3 fully saturated rings. The summed E-state index contributed by atoms with van der Waals surface area (Å²) in [6, 6.07) is 3.67. The van der Waals surface area contributed by atoms with Crippen LogP contribution in [-0.4, -0.2) is 34.2 Å². The van der Waals surface area contributed by atoms with Crippen molar-refractivity contribution in [3.05, 3.63) is 0 Å². The van der Waals surface area contributed by atoms with E-state index in [1.54, 1.807) is 0 Å². The zero-order chi connectivity index (χ0) is 13.7. The van der Waals surface area contributed by atoms with Crippen molar-refractivity contribution in [1.82, 2.24) is 4.90 Å². The van der Waals surface area contributed by atoms with Gasteiger partial charge in [0.05, 0.1) is 17.1 Å². The van der Waals surface area contributed by atoms with Crippen LogP contribution in [0, 0.1) is 22.7 Å². The molecule has 0 bridgehead atoms. The second-order valence-electron chi connectivity index (χ2n) is 7.20. The van der Waals surface area contributed by atoms with Gasteiger partial charge in [-0.25, -0.2) is 0 Å². The lowest BCUT2D eigenvalue weighted by molar-refractivity contribution is -0.0456. The van der Waals surface area contributed by atoms with Crippen molar-refractivity contribution >= 4 is 0 Å². The molecule has 0 radical (unpaired) electrons. The topological polar surface area (TPSA) is 47.3 Å². The van der Waals surface area contributed by atoms with Crippen molar-refractivity contribution in [2.24, 2.45) is 11.3 Å². The van der Waals surface area contributed by atoms with Crippen LogP contribution < -0.4 is 0 Å². The first-order valence-electron chi connectivity index (χ1n) is 7.93. The quantitative estimate of drug-likeness (QED) is 0.850. The maximum atomic E-state index is 11.2. The normalized spacial score (nSPS) is 47.5. The number of nitriles is 1. The van der Waals surface area contributed by atoms with Crippen molar-refractivity contribution in [3.63, 3.8) is 0 Å². The highest BCUT2D eigenvalue weighted by Crippen LogP contribution is 2.54. The van der Waals surface area contributed by atoms with E-state index in [0.717, 1.165) is 38.6 Å². The van der Waals surface area contributed by atoms with Gasteiger partial charge in [0.15, 0.2) is 0 Å². The Kier molecular flexibility index (Phi) is 3.15. The van der Waals surface area contributed by atoms with Gasteiger partial charge in [0.1, 0.15) is 0 Å². The van der Waals surface area contributed by atoms with Gasteiger partial charge in [-0.15, -0.1) is 0 Å². The third-order valence-electron chi connectivity index (χ3n) is 5.96. The van der Waals surface area contributed by atoms with Crippen LogP contribution in [0.15, 0.2) is 0 Å². The SMILES string of the molecule is CCC1CCC(C#N)(C2(O)CC(C)N(C3CC3)C2)C1. The second kappa shape index (κ2) is 4.46. The molecule has 2 aliphatic carbocycles. The number of hydrogen-bond acceptors (Lipinski definition) is 3. The van der Waals surface area contributed by atoms with Gasteiger partial charge in [-0.05, 0) is 51.4 Å². The molecule has 106 valence electrons. The molecule has 0 aromatic carbocycles. The number of nitrogens with zero attached hydrogens (tertiary/aromatic N) is 2. The Morgan fingerprint density at radius 3 is 2.58 bits per heavy atom. The van der Waals surface area contributed by atoms with E-state index in [1.165, 1.54) is 12.8 Å². The monoisotopic (exact) mass is 262 g/mol. The molecule has 4 atom stereocenters. The third kappa shape index (κ3) is 2.00. The van der Waals surface area contributed by atoms with Crippen LogP contribution in [0.5, 0.6) is 0 Å². The fraction of sp³-hybridized carbons (Fsp3) is 0.938. The van der Waals surface area contributed by atoms with Crippen molar-refractivity contribution in [3.8, 4) is 6.07 Å². The number of aliphatic hydroxyl groups is 1. The summed E-state index contributed by atoms with van der Waals surface area (Å²) in [6.07, 6.45) is 7.39. The van der Waals surface area contributed by atoms with Crippen molar-refractivity contribution in [2.45, 2.75) is 76.5 Å². The largest absolute Gasteiger partial charge is 0.387 e. The summed E-state index contributed by atoms with van der Waals surface area (Å²) in [6.45, 7) is 5.15. The van der Waals surface area contributed by atoms with E-state index in [2.05, 4.69) is 24.8 Å². The van der Waals surface area contributed by atoms with Crippen LogP contribution in [0.1, 0.15) is 58.8 Å². The highest BCUT2D eigenvalue weighted by molar-refractivity contribution is 5.19. The van der Waals surface area contributed by atoms with Crippen LogP contribution in [0.4, 0.5) is 0 Å². The number of rotatable bonds is 3. The maximum Gasteiger partial charge on any atom is 0.0974 e. The Balaban J connectivity index is 1.81. The molecule has 0 aromatic rings. The molecule has 0 aromatic heterocycles. The van der Waals surface area contributed by atoms with Gasteiger partial charge in [-0.2, -0.15) is 5.26 Å². The van der Waals surface area contributed by atoms with Gasteiger partial charge < -0.3 is 5.11 Å². The summed E-state index contributed by atoms with van der Waals surface area (Å²) >= 11 is 0. The molecule has 1 saturated heterocycles. The smallest absolute Gasteiger partial charge is 0.0974 e. The summed E-state index contributed by atoms with van der Waals surface area (Å²) in [5.74, 6) is 0.633. The first-order chi connectivity index (χ1) is 9.03. The van der Waals surface area contributed by atoms with E-state index in [1.807, 2.05) is 0 Å². The van der Waals surface area contributed by atoms with Crippen molar-refractivity contribution < 1.29 is 5.11 Å². The Hall–Kier alpha value is -0.590. The van der Waals surface area contributed by atoms with Crippen LogP contribution in [-0.2, 0) is 0 Å². The number of hydrogen-bond donors (Lipinski definition) is 1. The fourth-order valence-electron chi connectivity index (χ4n) is 4.49. The molecule has 4 unspecified atom stereocenters. The lowest BCUT2D eigenvalue weighted by Gasteiger charge is -2.37. The van der Waals surface area contributed by atoms with Crippen LogP contribution in [0.3, 0.4) is 0 Å². The van der Waals surface area contributed by atoms with E-state index in [0.29, 0.717) is 18.0 Å². The average Bonchev–Trinajstić information content (AvgIpc) is 3.05. The molecule has 1 heterocycles. The van der Waals surface area contributed by atoms with Crippen molar-refractivity contribution in [2.75, 3.05) is 6.54 Å².